The number of allylic oxidation sites excluding steroid dienone is 1. The number of carbonyl (C=O) groups excluding carboxylic acids is 2. The van der Waals surface area contributed by atoms with Crippen LogP contribution >= 0.6 is 0 Å². The second kappa shape index (κ2) is 10.2. The highest BCUT2D eigenvalue weighted by molar-refractivity contribution is 5.94. The van der Waals surface area contributed by atoms with E-state index in [1.165, 1.54) is 16.7 Å². The van der Waals surface area contributed by atoms with Crippen LogP contribution < -0.4 is 5.32 Å². The van der Waals surface area contributed by atoms with Crippen LogP contribution in [0.3, 0.4) is 0 Å². The first-order valence-electron chi connectivity index (χ1n) is 12.8. The lowest BCUT2D eigenvalue weighted by molar-refractivity contribution is -0.139. The zero-order chi connectivity index (χ0) is 24.4. The maximum Gasteiger partial charge on any atom is 0.337 e. The van der Waals surface area contributed by atoms with Crippen LogP contribution in [0.1, 0.15) is 45.1 Å². The maximum atomic E-state index is 13.0. The molecule has 2 aromatic carbocycles. The number of amides is 2. The molecule has 6 nitrogen and oxygen atoms in total. The first kappa shape index (κ1) is 23.6. The highest BCUT2D eigenvalue weighted by Crippen LogP contribution is 2.39. The molecule has 1 aliphatic carbocycles. The van der Waals surface area contributed by atoms with E-state index in [0.29, 0.717) is 30.3 Å². The molecule has 1 unspecified atom stereocenters. The van der Waals surface area contributed by atoms with Crippen molar-refractivity contribution in [3.63, 3.8) is 0 Å². The first-order valence-corrected chi connectivity index (χ1v) is 12.8. The zero-order valence-corrected chi connectivity index (χ0v) is 20.5. The summed E-state index contributed by atoms with van der Waals surface area (Å²) in [6.07, 6.45) is 4.84. The minimum absolute atomic E-state index is 0.0507. The highest BCUT2D eigenvalue weighted by Gasteiger charge is 2.44. The Balaban J connectivity index is 1.22. The molecule has 3 atom stereocenters. The Labute approximate surface area is 207 Å². The van der Waals surface area contributed by atoms with Crippen molar-refractivity contribution in [3.05, 3.63) is 71.4 Å². The third kappa shape index (κ3) is 5.27. The van der Waals surface area contributed by atoms with Gasteiger partial charge in [0.25, 0.3) is 0 Å². The van der Waals surface area contributed by atoms with Gasteiger partial charge in [0, 0.05) is 5.70 Å². The summed E-state index contributed by atoms with van der Waals surface area (Å²) in [6, 6.07) is 18.7. The van der Waals surface area contributed by atoms with Gasteiger partial charge in [-0.1, -0.05) is 54.6 Å². The number of carbonyl (C=O) groups is 2. The Morgan fingerprint density at radius 1 is 1.00 bits per heavy atom. The molecule has 0 aromatic heterocycles. The number of ether oxygens (including phenoxy) is 2. The van der Waals surface area contributed by atoms with Gasteiger partial charge in [-0.3, -0.25) is 4.90 Å². The molecule has 1 saturated heterocycles. The Kier molecular flexibility index (Phi) is 6.91. The minimum atomic E-state index is -0.323. The topological polar surface area (TPSA) is 67.9 Å². The molecule has 35 heavy (non-hydrogen) atoms. The van der Waals surface area contributed by atoms with E-state index in [4.69, 9.17) is 9.47 Å². The number of urea groups is 1. The second-order valence-electron chi connectivity index (χ2n) is 9.82. The van der Waals surface area contributed by atoms with E-state index >= 15 is 0 Å². The Hall–Kier alpha value is -3.12. The smallest absolute Gasteiger partial charge is 0.337 e. The molecule has 184 valence electrons. The van der Waals surface area contributed by atoms with Crippen LogP contribution in [0.25, 0.3) is 11.1 Å². The summed E-state index contributed by atoms with van der Waals surface area (Å²) in [6.45, 7) is 4.43. The molecule has 6 heteroatoms. The van der Waals surface area contributed by atoms with Gasteiger partial charge in [0.1, 0.15) is 0 Å². The summed E-state index contributed by atoms with van der Waals surface area (Å²) in [4.78, 5) is 27.4. The summed E-state index contributed by atoms with van der Waals surface area (Å²) < 4.78 is 11.7. The van der Waals surface area contributed by atoms with Gasteiger partial charge in [-0.25, -0.2) is 9.59 Å². The van der Waals surface area contributed by atoms with Gasteiger partial charge in [0.2, 0.25) is 0 Å². The van der Waals surface area contributed by atoms with Crippen molar-refractivity contribution in [2.75, 3.05) is 13.2 Å². The molecule has 2 amide bonds. The lowest BCUT2D eigenvalue weighted by Crippen LogP contribution is -2.54. The number of nitrogens with zero attached hydrogens (tertiary/aromatic N) is 1. The molecule has 5 rings (SSSR count). The zero-order valence-electron chi connectivity index (χ0n) is 20.5. The number of hydrogen-bond donors (Lipinski definition) is 1. The van der Waals surface area contributed by atoms with Crippen LogP contribution in [0.4, 0.5) is 4.79 Å². The fourth-order valence-corrected chi connectivity index (χ4v) is 5.29. The molecule has 1 N–H and O–H groups in total. The normalized spacial score (nSPS) is 24.5. The van der Waals surface area contributed by atoms with Crippen LogP contribution in [-0.4, -0.2) is 48.3 Å². The van der Waals surface area contributed by atoms with Gasteiger partial charge in [0.05, 0.1) is 37.0 Å². The summed E-state index contributed by atoms with van der Waals surface area (Å²) in [5.74, 6) is 0.00640. The van der Waals surface area contributed by atoms with Crippen molar-refractivity contribution in [2.45, 2.75) is 64.2 Å². The van der Waals surface area contributed by atoms with E-state index in [1.807, 2.05) is 13.0 Å². The summed E-state index contributed by atoms with van der Waals surface area (Å²) in [5, 5.41) is 3.06. The standard InChI is InChI=1S/C29H34N2O4/c1-3-34-28(32)26-19(2)31(29(33)30-27(26)23-13-14-23)18-25-16-15-24(35-25)17-20-9-11-22(12-10-20)21-7-5-4-6-8-21/h4-12,23-25,27H,3,13-18H2,1-2H3,(H,30,33)/t24-,25-,27?/m0/s1. The van der Waals surface area contributed by atoms with E-state index in [1.54, 1.807) is 11.8 Å². The lowest BCUT2D eigenvalue weighted by Gasteiger charge is -2.36. The quantitative estimate of drug-likeness (QED) is 0.542. The molecule has 0 radical (unpaired) electrons. The number of rotatable bonds is 8. The first-order chi connectivity index (χ1) is 17.0. The third-order valence-corrected chi connectivity index (χ3v) is 7.32. The van der Waals surface area contributed by atoms with E-state index in [9.17, 15) is 9.59 Å². The summed E-state index contributed by atoms with van der Waals surface area (Å²) in [5.41, 5.74) is 4.97. The minimum Gasteiger partial charge on any atom is -0.463 e. The summed E-state index contributed by atoms with van der Waals surface area (Å²) in [7, 11) is 0. The number of hydrogen-bond acceptors (Lipinski definition) is 4. The molecule has 2 heterocycles. The van der Waals surface area contributed by atoms with Crippen molar-refractivity contribution in [3.8, 4) is 11.1 Å². The van der Waals surface area contributed by atoms with Crippen molar-refractivity contribution in [1.29, 1.82) is 0 Å². The molecule has 2 aromatic rings. The van der Waals surface area contributed by atoms with Crippen LogP contribution in [0, 0.1) is 5.92 Å². The Morgan fingerprint density at radius 3 is 2.37 bits per heavy atom. The maximum absolute atomic E-state index is 13.0. The van der Waals surface area contributed by atoms with Gasteiger partial charge < -0.3 is 14.8 Å². The van der Waals surface area contributed by atoms with Crippen molar-refractivity contribution < 1.29 is 19.1 Å². The fraction of sp³-hybridized carbons (Fsp3) is 0.448. The van der Waals surface area contributed by atoms with Gasteiger partial charge in [-0.05, 0) is 68.6 Å². The fourth-order valence-electron chi connectivity index (χ4n) is 5.29. The van der Waals surface area contributed by atoms with Crippen molar-refractivity contribution >= 4 is 12.0 Å². The largest absolute Gasteiger partial charge is 0.463 e. The molecular weight excluding hydrogens is 440 g/mol. The molecule has 0 spiro atoms. The average Bonchev–Trinajstić information content (AvgIpc) is 3.62. The predicted molar refractivity (Wildman–Crippen MR) is 135 cm³/mol. The summed E-state index contributed by atoms with van der Waals surface area (Å²) >= 11 is 0. The van der Waals surface area contributed by atoms with Crippen LogP contribution in [0.15, 0.2) is 65.9 Å². The van der Waals surface area contributed by atoms with E-state index in [0.717, 1.165) is 32.1 Å². The van der Waals surface area contributed by atoms with Crippen molar-refractivity contribution in [1.82, 2.24) is 10.2 Å². The Bertz CT molecular complexity index is 1090. The molecule has 1 saturated carbocycles. The molecule has 2 aliphatic heterocycles. The third-order valence-electron chi connectivity index (χ3n) is 7.32. The number of benzene rings is 2. The van der Waals surface area contributed by atoms with Gasteiger partial charge in [-0.15, -0.1) is 0 Å². The average molecular weight is 475 g/mol. The SMILES string of the molecule is CCOC(=O)C1=C(C)N(C[C@@H]2CC[C@@H](Cc3ccc(-c4ccccc4)cc3)O2)C(=O)NC1C1CC1. The molecule has 2 fully saturated rings. The van der Waals surface area contributed by atoms with Gasteiger partial charge >= 0.3 is 12.0 Å². The molecule has 0 bridgehead atoms. The number of nitrogens with one attached hydrogen (secondary N) is 1. The molecular formula is C29H34N2O4. The van der Waals surface area contributed by atoms with Gasteiger partial charge in [-0.2, -0.15) is 0 Å². The second-order valence-corrected chi connectivity index (χ2v) is 9.82. The van der Waals surface area contributed by atoms with Crippen LogP contribution in [0.2, 0.25) is 0 Å². The highest BCUT2D eigenvalue weighted by atomic mass is 16.5. The lowest BCUT2D eigenvalue weighted by atomic mass is 9.97. The monoisotopic (exact) mass is 474 g/mol. The van der Waals surface area contributed by atoms with Crippen LogP contribution in [0.5, 0.6) is 0 Å². The van der Waals surface area contributed by atoms with E-state index < -0.39 is 0 Å². The number of esters is 1. The van der Waals surface area contributed by atoms with Gasteiger partial charge in [0.15, 0.2) is 0 Å². The molecule has 3 aliphatic rings. The van der Waals surface area contributed by atoms with E-state index in [-0.39, 0.29) is 30.3 Å². The Morgan fingerprint density at radius 2 is 1.69 bits per heavy atom. The predicted octanol–water partition coefficient (Wildman–Crippen LogP) is 5.08. The van der Waals surface area contributed by atoms with Crippen molar-refractivity contribution in [2.24, 2.45) is 5.92 Å². The van der Waals surface area contributed by atoms with E-state index in [2.05, 4.69) is 53.8 Å². The van der Waals surface area contributed by atoms with Crippen LogP contribution in [-0.2, 0) is 20.7 Å².